The number of hydrogen-bond donors (Lipinski definition) is 2. The minimum absolute atomic E-state index is 0.00635. The van der Waals surface area contributed by atoms with Crippen LogP contribution in [0.3, 0.4) is 0 Å². The topological polar surface area (TPSA) is 41.1 Å². The van der Waals surface area contributed by atoms with E-state index in [9.17, 15) is 4.79 Å². The summed E-state index contributed by atoms with van der Waals surface area (Å²) in [6.45, 7) is 4.53. The van der Waals surface area contributed by atoms with Crippen molar-refractivity contribution in [2.45, 2.75) is 45.6 Å². The summed E-state index contributed by atoms with van der Waals surface area (Å²) in [5.41, 5.74) is 1.70. The molecule has 0 aromatic heterocycles. The van der Waals surface area contributed by atoms with Gasteiger partial charge >= 0.3 is 0 Å². The molecule has 0 heterocycles. The molecule has 0 aliphatic heterocycles. The van der Waals surface area contributed by atoms with E-state index in [1.807, 2.05) is 25.1 Å². The van der Waals surface area contributed by atoms with Gasteiger partial charge in [-0.3, -0.25) is 4.79 Å². The maximum Gasteiger partial charge on any atom is 0.238 e. The maximum absolute atomic E-state index is 12.0. The molecule has 0 saturated heterocycles. The molecule has 1 fully saturated rings. The van der Waals surface area contributed by atoms with Crippen LogP contribution in [0.15, 0.2) is 18.2 Å². The van der Waals surface area contributed by atoms with Crippen molar-refractivity contribution in [3.05, 3.63) is 28.8 Å². The third kappa shape index (κ3) is 3.97. The van der Waals surface area contributed by atoms with Crippen molar-refractivity contribution >= 4 is 23.2 Å². The van der Waals surface area contributed by atoms with Gasteiger partial charge in [-0.1, -0.05) is 37.4 Å². The van der Waals surface area contributed by atoms with E-state index in [0.717, 1.165) is 11.3 Å². The molecular formula is C16H23ClN2O. The second-order valence-corrected chi connectivity index (χ2v) is 6.12. The fourth-order valence-electron chi connectivity index (χ4n) is 2.78. The van der Waals surface area contributed by atoms with Crippen LogP contribution in [0.4, 0.5) is 5.69 Å². The maximum atomic E-state index is 12.0. The Morgan fingerprint density at radius 1 is 1.35 bits per heavy atom. The normalized spacial score (nSPS) is 22.6. The van der Waals surface area contributed by atoms with E-state index in [1.54, 1.807) is 0 Å². The number of benzene rings is 1. The van der Waals surface area contributed by atoms with Gasteiger partial charge < -0.3 is 10.6 Å². The zero-order chi connectivity index (χ0) is 14.5. The molecule has 4 heteroatoms. The molecule has 0 bridgehead atoms. The standard InChI is InChI=1S/C16H23ClN2O/c1-11-6-3-4-8-14(11)18-10-16(20)19-15-9-5-7-13(17)12(15)2/h5,7,9,11,14,18H,3-4,6,8,10H2,1-2H3,(H,19,20)/t11-,14-/m1/s1. The highest BCUT2D eigenvalue weighted by molar-refractivity contribution is 6.31. The molecule has 1 amide bonds. The van der Waals surface area contributed by atoms with Crippen LogP contribution in [0.5, 0.6) is 0 Å². The summed E-state index contributed by atoms with van der Waals surface area (Å²) in [5, 5.41) is 6.98. The van der Waals surface area contributed by atoms with Crippen molar-refractivity contribution in [3.8, 4) is 0 Å². The summed E-state index contributed by atoms with van der Waals surface area (Å²) in [4.78, 5) is 12.0. The molecule has 110 valence electrons. The van der Waals surface area contributed by atoms with Crippen LogP contribution in [0.2, 0.25) is 5.02 Å². The van der Waals surface area contributed by atoms with Gasteiger partial charge in [-0.05, 0) is 43.4 Å². The van der Waals surface area contributed by atoms with Crippen molar-refractivity contribution in [1.82, 2.24) is 5.32 Å². The number of halogens is 1. The van der Waals surface area contributed by atoms with E-state index < -0.39 is 0 Å². The van der Waals surface area contributed by atoms with Crippen molar-refractivity contribution in [3.63, 3.8) is 0 Å². The van der Waals surface area contributed by atoms with E-state index in [-0.39, 0.29) is 5.91 Å². The SMILES string of the molecule is Cc1c(Cl)cccc1NC(=O)CN[C@@H]1CCCC[C@H]1C. The Balaban J connectivity index is 1.85. The third-order valence-corrected chi connectivity index (χ3v) is 4.59. The molecule has 2 rings (SSSR count). The lowest BCUT2D eigenvalue weighted by molar-refractivity contribution is -0.115. The number of amides is 1. The van der Waals surface area contributed by atoms with Gasteiger partial charge in [0.15, 0.2) is 0 Å². The van der Waals surface area contributed by atoms with E-state index in [4.69, 9.17) is 11.6 Å². The summed E-state index contributed by atoms with van der Waals surface area (Å²) in [6.07, 6.45) is 5.00. The summed E-state index contributed by atoms with van der Waals surface area (Å²) in [6, 6.07) is 6.02. The van der Waals surface area contributed by atoms with Crippen LogP contribution >= 0.6 is 11.6 Å². The molecular weight excluding hydrogens is 272 g/mol. The lowest BCUT2D eigenvalue weighted by atomic mass is 9.86. The Hall–Kier alpha value is -1.06. The minimum Gasteiger partial charge on any atom is -0.325 e. The van der Waals surface area contributed by atoms with Crippen LogP contribution in [-0.4, -0.2) is 18.5 Å². The second-order valence-electron chi connectivity index (χ2n) is 5.71. The van der Waals surface area contributed by atoms with Gasteiger partial charge in [-0.15, -0.1) is 0 Å². The summed E-state index contributed by atoms with van der Waals surface area (Å²) in [7, 11) is 0. The van der Waals surface area contributed by atoms with Crippen LogP contribution in [0.25, 0.3) is 0 Å². The van der Waals surface area contributed by atoms with E-state index in [2.05, 4.69) is 17.6 Å². The van der Waals surface area contributed by atoms with Crippen molar-refractivity contribution in [2.24, 2.45) is 5.92 Å². The Bertz CT molecular complexity index is 476. The summed E-state index contributed by atoms with van der Waals surface area (Å²) < 4.78 is 0. The molecule has 2 atom stereocenters. The fourth-order valence-corrected chi connectivity index (χ4v) is 2.96. The van der Waals surface area contributed by atoms with E-state index in [1.165, 1.54) is 25.7 Å². The molecule has 0 unspecified atom stereocenters. The van der Waals surface area contributed by atoms with Gasteiger partial charge in [0.25, 0.3) is 0 Å². The average molecular weight is 295 g/mol. The minimum atomic E-state index is -0.00635. The van der Waals surface area contributed by atoms with Gasteiger partial charge in [-0.25, -0.2) is 0 Å². The Labute approximate surface area is 126 Å². The lowest BCUT2D eigenvalue weighted by Gasteiger charge is -2.29. The largest absolute Gasteiger partial charge is 0.325 e. The summed E-state index contributed by atoms with van der Waals surface area (Å²) >= 11 is 6.05. The molecule has 0 spiro atoms. The quantitative estimate of drug-likeness (QED) is 0.888. The molecule has 1 saturated carbocycles. The van der Waals surface area contributed by atoms with Crippen molar-refractivity contribution < 1.29 is 4.79 Å². The zero-order valence-corrected chi connectivity index (χ0v) is 13.0. The van der Waals surface area contributed by atoms with Gasteiger partial charge in [-0.2, -0.15) is 0 Å². The zero-order valence-electron chi connectivity index (χ0n) is 12.2. The van der Waals surface area contributed by atoms with Gasteiger partial charge in [0.2, 0.25) is 5.91 Å². The van der Waals surface area contributed by atoms with Gasteiger partial charge in [0, 0.05) is 16.8 Å². The van der Waals surface area contributed by atoms with Crippen LogP contribution < -0.4 is 10.6 Å². The fraction of sp³-hybridized carbons (Fsp3) is 0.562. The van der Waals surface area contributed by atoms with Gasteiger partial charge in [0.1, 0.15) is 0 Å². The number of carbonyl (C=O) groups is 1. The summed E-state index contributed by atoms with van der Waals surface area (Å²) in [5.74, 6) is 0.651. The predicted octanol–water partition coefficient (Wildman–Crippen LogP) is 3.76. The average Bonchev–Trinajstić information content (AvgIpc) is 2.43. The molecule has 3 nitrogen and oxygen atoms in total. The first kappa shape index (κ1) is 15.3. The number of anilines is 1. The molecule has 1 aromatic rings. The van der Waals surface area contributed by atoms with Gasteiger partial charge in [0.05, 0.1) is 6.54 Å². The first-order valence-electron chi connectivity index (χ1n) is 7.36. The van der Waals surface area contributed by atoms with E-state index in [0.29, 0.717) is 23.5 Å². The Kier molecular flexibility index (Phi) is 5.44. The smallest absolute Gasteiger partial charge is 0.238 e. The second kappa shape index (κ2) is 7.09. The van der Waals surface area contributed by atoms with Crippen molar-refractivity contribution in [2.75, 3.05) is 11.9 Å². The monoisotopic (exact) mass is 294 g/mol. The van der Waals surface area contributed by atoms with Crippen LogP contribution in [0.1, 0.15) is 38.2 Å². The highest BCUT2D eigenvalue weighted by Gasteiger charge is 2.21. The van der Waals surface area contributed by atoms with Crippen LogP contribution in [-0.2, 0) is 4.79 Å². The third-order valence-electron chi connectivity index (χ3n) is 4.18. The van der Waals surface area contributed by atoms with E-state index >= 15 is 0 Å². The molecule has 2 N–H and O–H groups in total. The van der Waals surface area contributed by atoms with Crippen molar-refractivity contribution in [1.29, 1.82) is 0 Å². The Morgan fingerprint density at radius 3 is 2.85 bits per heavy atom. The van der Waals surface area contributed by atoms with Crippen LogP contribution in [0, 0.1) is 12.8 Å². The lowest BCUT2D eigenvalue weighted by Crippen LogP contribution is -2.41. The number of rotatable bonds is 4. The molecule has 0 radical (unpaired) electrons. The number of carbonyl (C=O) groups excluding carboxylic acids is 1. The highest BCUT2D eigenvalue weighted by atomic mass is 35.5. The first-order chi connectivity index (χ1) is 9.58. The first-order valence-corrected chi connectivity index (χ1v) is 7.74. The molecule has 1 aliphatic rings. The molecule has 1 aliphatic carbocycles. The number of hydrogen-bond acceptors (Lipinski definition) is 2. The predicted molar refractivity (Wildman–Crippen MR) is 84.2 cm³/mol. The highest BCUT2D eigenvalue weighted by Crippen LogP contribution is 2.24. The Morgan fingerprint density at radius 2 is 2.10 bits per heavy atom. The molecule has 1 aromatic carbocycles. The molecule has 20 heavy (non-hydrogen) atoms. The number of nitrogens with one attached hydrogen (secondary N) is 2.